The Hall–Kier alpha value is -2.38. The zero-order valence-electron chi connectivity index (χ0n) is 11.6. The molecule has 0 aliphatic carbocycles. The largest absolute Gasteiger partial charge is 0.360 e. The minimum atomic E-state index is -3.69. The first-order chi connectivity index (χ1) is 10.6. The van der Waals surface area contributed by atoms with Gasteiger partial charge in [0.1, 0.15) is 4.90 Å². The van der Waals surface area contributed by atoms with Crippen LogP contribution in [0.25, 0.3) is 0 Å². The molecule has 0 bridgehead atoms. The van der Waals surface area contributed by atoms with E-state index in [-0.39, 0.29) is 4.90 Å². The van der Waals surface area contributed by atoms with Gasteiger partial charge >= 0.3 is 0 Å². The highest BCUT2D eigenvalue weighted by Crippen LogP contribution is 2.25. The second kappa shape index (κ2) is 5.78. The number of para-hydroxylation sites is 1. The molecule has 1 aliphatic rings. The van der Waals surface area contributed by atoms with Gasteiger partial charge in [0.25, 0.3) is 5.91 Å². The van der Waals surface area contributed by atoms with Crippen LogP contribution in [0.1, 0.15) is 5.56 Å². The molecule has 2 aromatic rings. The van der Waals surface area contributed by atoms with Crippen LogP contribution in [-0.2, 0) is 21.4 Å². The number of rotatable bonds is 3. The zero-order chi connectivity index (χ0) is 15.6. The van der Waals surface area contributed by atoms with Gasteiger partial charge in [-0.1, -0.05) is 42.5 Å². The molecule has 3 N–H and O–H groups in total. The van der Waals surface area contributed by atoms with E-state index in [4.69, 9.17) is 0 Å². The van der Waals surface area contributed by atoms with Crippen molar-refractivity contribution in [2.45, 2.75) is 17.6 Å². The van der Waals surface area contributed by atoms with Crippen molar-refractivity contribution in [3.05, 3.63) is 60.2 Å². The van der Waals surface area contributed by atoms with E-state index in [0.717, 1.165) is 5.56 Å². The highest BCUT2D eigenvalue weighted by Gasteiger charge is 2.32. The Kier molecular flexibility index (Phi) is 3.82. The van der Waals surface area contributed by atoms with Gasteiger partial charge in [0.05, 0.1) is 5.69 Å². The topological polar surface area (TPSA) is 87.3 Å². The summed E-state index contributed by atoms with van der Waals surface area (Å²) in [4.78, 5) is 12.3. The number of fused-ring (bicyclic) bond motifs is 1. The summed E-state index contributed by atoms with van der Waals surface area (Å²) in [5.74, 6) is -0.429. The maximum atomic E-state index is 12.2. The first-order valence-corrected chi connectivity index (χ1v) is 8.24. The van der Waals surface area contributed by atoms with E-state index in [2.05, 4.69) is 15.4 Å². The third kappa shape index (κ3) is 2.95. The fourth-order valence-electron chi connectivity index (χ4n) is 2.23. The molecule has 2 aromatic carbocycles. The van der Waals surface area contributed by atoms with E-state index in [0.29, 0.717) is 12.2 Å². The van der Waals surface area contributed by atoms with Gasteiger partial charge in [0, 0.05) is 6.54 Å². The maximum absolute atomic E-state index is 12.2. The van der Waals surface area contributed by atoms with E-state index < -0.39 is 22.1 Å². The summed E-state index contributed by atoms with van der Waals surface area (Å²) in [5, 5.41) is 5.60. The summed E-state index contributed by atoms with van der Waals surface area (Å²) in [5.41, 5.74) is 1.36. The van der Waals surface area contributed by atoms with Crippen molar-refractivity contribution in [3.63, 3.8) is 0 Å². The molecule has 1 heterocycles. The van der Waals surface area contributed by atoms with Crippen molar-refractivity contribution in [2.24, 2.45) is 0 Å². The Morgan fingerprint density at radius 2 is 1.73 bits per heavy atom. The van der Waals surface area contributed by atoms with Crippen LogP contribution >= 0.6 is 0 Å². The molecule has 22 heavy (non-hydrogen) atoms. The second-order valence-corrected chi connectivity index (χ2v) is 6.58. The van der Waals surface area contributed by atoms with Gasteiger partial charge in [-0.2, -0.15) is 4.72 Å². The lowest BCUT2D eigenvalue weighted by atomic mass is 10.2. The van der Waals surface area contributed by atoms with E-state index in [9.17, 15) is 13.2 Å². The molecular weight excluding hydrogens is 302 g/mol. The van der Waals surface area contributed by atoms with Crippen LogP contribution in [0.5, 0.6) is 0 Å². The molecule has 0 unspecified atom stereocenters. The number of hydrogen-bond donors (Lipinski definition) is 3. The van der Waals surface area contributed by atoms with Gasteiger partial charge < -0.3 is 10.6 Å². The van der Waals surface area contributed by atoms with Gasteiger partial charge in [0.2, 0.25) is 10.0 Å². The van der Waals surface area contributed by atoms with Gasteiger partial charge in [-0.05, 0) is 17.7 Å². The predicted octanol–water partition coefficient (Wildman–Crippen LogP) is 1.03. The van der Waals surface area contributed by atoms with Crippen LogP contribution < -0.4 is 15.4 Å². The molecular formula is C15H15N3O3S. The number of benzene rings is 2. The van der Waals surface area contributed by atoms with Crippen LogP contribution in [0.3, 0.4) is 0 Å². The summed E-state index contributed by atoms with van der Waals surface area (Å²) in [6.45, 7) is 0.335. The molecule has 1 atom stereocenters. The van der Waals surface area contributed by atoms with Crippen molar-refractivity contribution >= 4 is 21.6 Å². The molecule has 1 aliphatic heterocycles. The summed E-state index contributed by atoms with van der Waals surface area (Å²) >= 11 is 0. The lowest BCUT2D eigenvalue weighted by Gasteiger charge is -2.27. The molecule has 3 rings (SSSR count). The Morgan fingerprint density at radius 1 is 1.05 bits per heavy atom. The van der Waals surface area contributed by atoms with E-state index in [1.165, 1.54) is 6.07 Å². The number of carbonyl (C=O) groups is 1. The predicted molar refractivity (Wildman–Crippen MR) is 82.5 cm³/mol. The van der Waals surface area contributed by atoms with Gasteiger partial charge in [-0.25, -0.2) is 8.42 Å². The molecule has 6 nitrogen and oxygen atoms in total. The van der Waals surface area contributed by atoms with Crippen molar-refractivity contribution in [3.8, 4) is 0 Å². The van der Waals surface area contributed by atoms with Crippen LogP contribution in [0, 0.1) is 0 Å². The highest BCUT2D eigenvalue weighted by atomic mass is 32.2. The van der Waals surface area contributed by atoms with Crippen LogP contribution in [0.4, 0.5) is 5.69 Å². The van der Waals surface area contributed by atoms with Crippen molar-refractivity contribution < 1.29 is 13.2 Å². The smallest absolute Gasteiger partial charge is 0.258 e. The fourth-order valence-corrected chi connectivity index (χ4v) is 3.51. The van der Waals surface area contributed by atoms with E-state index in [1.54, 1.807) is 18.2 Å². The number of amides is 1. The average Bonchev–Trinajstić information content (AvgIpc) is 2.53. The summed E-state index contributed by atoms with van der Waals surface area (Å²) in [7, 11) is -3.69. The highest BCUT2D eigenvalue weighted by molar-refractivity contribution is 7.89. The third-order valence-corrected chi connectivity index (χ3v) is 4.80. The summed E-state index contributed by atoms with van der Waals surface area (Å²) < 4.78 is 26.6. The van der Waals surface area contributed by atoms with Crippen molar-refractivity contribution in [1.29, 1.82) is 0 Å². The number of nitrogens with one attached hydrogen (secondary N) is 3. The van der Waals surface area contributed by atoms with E-state index >= 15 is 0 Å². The number of anilines is 1. The zero-order valence-corrected chi connectivity index (χ0v) is 12.4. The summed E-state index contributed by atoms with van der Waals surface area (Å²) in [6, 6.07) is 15.9. The standard InChI is InChI=1S/C15H15N3O3S/c19-15(16-10-11-6-2-1-3-7-11)14-17-12-8-4-5-9-13(12)22(20,21)18-14/h1-9,14,17-18H,10H2,(H,16,19)/t14-/m1/s1. The quantitative estimate of drug-likeness (QED) is 0.789. The number of sulfonamides is 1. The Labute approximate surface area is 128 Å². The lowest BCUT2D eigenvalue weighted by molar-refractivity contribution is -0.122. The summed E-state index contributed by atoms with van der Waals surface area (Å²) in [6.07, 6.45) is -1.02. The maximum Gasteiger partial charge on any atom is 0.258 e. The second-order valence-electron chi connectivity index (χ2n) is 4.90. The lowest BCUT2D eigenvalue weighted by Crippen LogP contribution is -2.53. The Balaban J connectivity index is 1.73. The Bertz CT molecular complexity index is 791. The van der Waals surface area contributed by atoms with Gasteiger partial charge in [-0.3, -0.25) is 4.79 Å². The van der Waals surface area contributed by atoms with Crippen LogP contribution in [-0.4, -0.2) is 20.5 Å². The fraction of sp³-hybridized carbons (Fsp3) is 0.133. The molecule has 0 saturated heterocycles. The van der Waals surface area contributed by atoms with Crippen molar-refractivity contribution in [2.75, 3.05) is 5.32 Å². The van der Waals surface area contributed by atoms with E-state index in [1.807, 2.05) is 30.3 Å². The normalized spacial score (nSPS) is 18.8. The van der Waals surface area contributed by atoms with Crippen LogP contribution in [0.15, 0.2) is 59.5 Å². The first kappa shape index (κ1) is 14.6. The number of carbonyl (C=O) groups excluding carboxylic acids is 1. The molecule has 0 radical (unpaired) electrons. The molecule has 0 fully saturated rings. The van der Waals surface area contributed by atoms with Crippen LogP contribution in [0.2, 0.25) is 0 Å². The molecule has 0 aromatic heterocycles. The average molecular weight is 317 g/mol. The molecule has 7 heteroatoms. The monoisotopic (exact) mass is 317 g/mol. The van der Waals surface area contributed by atoms with Gasteiger partial charge in [0.15, 0.2) is 6.17 Å². The molecule has 0 saturated carbocycles. The first-order valence-electron chi connectivity index (χ1n) is 6.76. The minimum Gasteiger partial charge on any atom is -0.360 e. The van der Waals surface area contributed by atoms with Gasteiger partial charge in [-0.15, -0.1) is 0 Å². The molecule has 114 valence electrons. The Morgan fingerprint density at radius 3 is 2.50 bits per heavy atom. The third-order valence-electron chi connectivity index (χ3n) is 3.32. The minimum absolute atomic E-state index is 0.141. The molecule has 1 amide bonds. The number of hydrogen-bond acceptors (Lipinski definition) is 4. The molecule has 0 spiro atoms. The SMILES string of the molecule is O=C(NCc1ccccc1)[C@@H]1Nc2ccccc2S(=O)(=O)N1. The van der Waals surface area contributed by atoms with Crippen molar-refractivity contribution in [1.82, 2.24) is 10.0 Å².